The SMILES string of the molecule is CCOC(=O)C(C)CNCCCCCO. The van der Waals surface area contributed by atoms with Crippen molar-refractivity contribution < 1.29 is 14.6 Å². The summed E-state index contributed by atoms with van der Waals surface area (Å²) in [5.41, 5.74) is 0. The molecule has 0 heterocycles. The molecule has 0 rings (SSSR count). The van der Waals surface area contributed by atoms with Gasteiger partial charge in [0.05, 0.1) is 12.5 Å². The zero-order valence-corrected chi connectivity index (χ0v) is 9.79. The summed E-state index contributed by atoms with van der Waals surface area (Å²) in [4.78, 5) is 11.2. The van der Waals surface area contributed by atoms with E-state index in [1.54, 1.807) is 0 Å². The van der Waals surface area contributed by atoms with Crippen LogP contribution in [0.4, 0.5) is 0 Å². The lowest BCUT2D eigenvalue weighted by Crippen LogP contribution is -2.28. The Morgan fingerprint density at radius 2 is 2.13 bits per heavy atom. The van der Waals surface area contributed by atoms with Gasteiger partial charge in [0.25, 0.3) is 0 Å². The number of carbonyl (C=O) groups is 1. The van der Waals surface area contributed by atoms with E-state index in [1.165, 1.54) is 0 Å². The quantitative estimate of drug-likeness (QED) is 0.446. The Balaban J connectivity index is 3.30. The van der Waals surface area contributed by atoms with Crippen LogP contribution in [-0.4, -0.2) is 37.4 Å². The average Bonchev–Trinajstić information content (AvgIpc) is 2.23. The van der Waals surface area contributed by atoms with Crippen molar-refractivity contribution in [1.82, 2.24) is 5.32 Å². The molecule has 0 saturated heterocycles. The smallest absolute Gasteiger partial charge is 0.309 e. The van der Waals surface area contributed by atoms with Crippen LogP contribution in [0, 0.1) is 5.92 Å². The largest absolute Gasteiger partial charge is 0.466 e. The van der Waals surface area contributed by atoms with Crippen LogP contribution in [0.3, 0.4) is 0 Å². The first-order valence-electron chi connectivity index (χ1n) is 5.70. The highest BCUT2D eigenvalue weighted by molar-refractivity contribution is 5.72. The maximum absolute atomic E-state index is 11.2. The van der Waals surface area contributed by atoms with Gasteiger partial charge in [0.2, 0.25) is 0 Å². The first kappa shape index (κ1) is 14.4. The molecule has 2 N–H and O–H groups in total. The molecule has 0 spiro atoms. The van der Waals surface area contributed by atoms with E-state index in [1.807, 2.05) is 13.8 Å². The highest BCUT2D eigenvalue weighted by atomic mass is 16.5. The highest BCUT2D eigenvalue weighted by Crippen LogP contribution is 1.97. The zero-order valence-electron chi connectivity index (χ0n) is 9.79. The van der Waals surface area contributed by atoms with Crippen molar-refractivity contribution in [1.29, 1.82) is 0 Å². The number of unbranched alkanes of at least 4 members (excludes halogenated alkanes) is 2. The maximum Gasteiger partial charge on any atom is 0.309 e. The van der Waals surface area contributed by atoms with Gasteiger partial charge < -0.3 is 15.2 Å². The average molecular weight is 217 g/mol. The van der Waals surface area contributed by atoms with E-state index in [9.17, 15) is 4.79 Å². The number of hydrogen-bond acceptors (Lipinski definition) is 4. The highest BCUT2D eigenvalue weighted by Gasteiger charge is 2.12. The van der Waals surface area contributed by atoms with E-state index in [0.29, 0.717) is 13.2 Å². The van der Waals surface area contributed by atoms with Gasteiger partial charge in [0.1, 0.15) is 0 Å². The fraction of sp³-hybridized carbons (Fsp3) is 0.909. The third-order valence-electron chi connectivity index (χ3n) is 2.15. The number of nitrogens with one attached hydrogen (secondary N) is 1. The van der Waals surface area contributed by atoms with Crippen LogP contribution < -0.4 is 5.32 Å². The normalized spacial score (nSPS) is 12.5. The van der Waals surface area contributed by atoms with Crippen LogP contribution in [0.2, 0.25) is 0 Å². The van der Waals surface area contributed by atoms with Crippen molar-refractivity contribution in [3.8, 4) is 0 Å². The van der Waals surface area contributed by atoms with Gasteiger partial charge in [-0.2, -0.15) is 0 Å². The van der Waals surface area contributed by atoms with Crippen molar-refractivity contribution >= 4 is 5.97 Å². The molecule has 0 bridgehead atoms. The molecule has 0 amide bonds. The number of esters is 1. The van der Waals surface area contributed by atoms with Gasteiger partial charge in [-0.05, 0) is 32.7 Å². The summed E-state index contributed by atoms with van der Waals surface area (Å²) in [5, 5.41) is 11.8. The lowest BCUT2D eigenvalue weighted by molar-refractivity contribution is -0.147. The van der Waals surface area contributed by atoms with Gasteiger partial charge in [-0.25, -0.2) is 0 Å². The molecule has 0 aliphatic heterocycles. The summed E-state index contributed by atoms with van der Waals surface area (Å²) in [5.74, 6) is -0.219. The molecule has 4 heteroatoms. The van der Waals surface area contributed by atoms with Crippen molar-refractivity contribution in [3.63, 3.8) is 0 Å². The van der Waals surface area contributed by atoms with Crippen molar-refractivity contribution in [3.05, 3.63) is 0 Å². The summed E-state index contributed by atoms with van der Waals surface area (Å²) < 4.78 is 4.89. The van der Waals surface area contributed by atoms with E-state index in [-0.39, 0.29) is 18.5 Å². The Labute approximate surface area is 92.0 Å². The first-order valence-corrected chi connectivity index (χ1v) is 5.70. The minimum Gasteiger partial charge on any atom is -0.466 e. The third-order valence-corrected chi connectivity index (χ3v) is 2.15. The third kappa shape index (κ3) is 8.39. The van der Waals surface area contributed by atoms with Crippen molar-refractivity contribution in [2.24, 2.45) is 5.92 Å². The second-order valence-corrected chi connectivity index (χ2v) is 3.64. The number of aliphatic hydroxyl groups excluding tert-OH is 1. The van der Waals surface area contributed by atoms with Crippen LogP contribution in [0.15, 0.2) is 0 Å². The molecule has 0 aromatic heterocycles. The van der Waals surface area contributed by atoms with Gasteiger partial charge in [-0.15, -0.1) is 0 Å². The molecule has 0 fully saturated rings. The standard InChI is InChI=1S/C11H23NO3/c1-3-15-11(14)10(2)9-12-7-5-4-6-8-13/h10,12-13H,3-9H2,1-2H3. The van der Waals surface area contributed by atoms with E-state index < -0.39 is 0 Å². The van der Waals surface area contributed by atoms with Crippen LogP contribution in [0.1, 0.15) is 33.1 Å². The summed E-state index contributed by atoms with van der Waals surface area (Å²) >= 11 is 0. The summed E-state index contributed by atoms with van der Waals surface area (Å²) in [6.07, 6.45) is 2.92. The molecule has 15 heavy (non-hydrogen) atoms. The van der Waals surface area contributed by atoms with Gasteiger partial charge in [-0.3, -0.25) is 4.79 Å². The molecule has 90 valence electrons. The predicted molar refractivity (Wildman–Crippen MR) is 59.6 cm³/mol. The van der Waals surface area contributed by atoms with Crippen LogP contribution in [0.5, 0.6) is 0 Å². The summed E-state index contributed by atoms with van der Waals surface area (Å²) in [7, 11) is 0. The Bertz CT molecular complexity index is 162. The predicted octanol–water partition coefficient (Wildman–Crippen LogP) is 0.938. The van der Waals surface area contributed by atoms with E-state index in [2.05, 4.69) is 5.32 Å². The number of hydrogen-bond donors (Lipinski definition) is 2. The van der Waals surface area contributed by atoms with Gasteiger partial charge in [0.15, 0.2) is 0 Å². The van der Waals surface area contributed by atoms with Gasteiger partial charge in [-0.1, -0.05) is 6.92 Å². The topological polar surface area (TPSA) is 58.6 Å². The Morgan fingerprint density at radius 3 is 2.73 bits per heavy atom. The van der Waals surface area contributed by atoms with E-state index in [0.717, 1.165) is 25.8 Å². The van der Waals surface area contributed by atoms with Crippen LogP contribution in [0.25, 0.3) is 0 Å². The van der Waals surface area contributed by atoms with E-state index >= 15 is 0 Å². The Morgan fingerprint density at radius 1 is 1.40 bits per heavy atom. The zero-order chi connectivity index (χ0) is 11.5. The molecule has 0 aliphatic carbocycles. The fourth-order valence-corrected chi connectivity index (χ4v) is 1.22. The molecule has 0 radical (unpaired) electrons. The lowest BCUT2D eigenvalue weighted by atomic mass is 10.2. The number of aliphatic hydroxyl groups is 1. The van der Waals surface area contributed by atoms with Gasteiger partial charge in [0, 0.05) is 13.2 Å². The molecule has 0 aromatic rings. The first-order chi connectivity index (χ1) is 7.22. The van der Waals surface area contributed by atoms with Crippen molar-refractivity contribution in [2.45, 2.75) is 33.1 Å². The monoisotopic (exact) mass is 217 g/mol. The minimum absolute atomic E-state index is 0.0807. The summed E-state index contributed by atoms with van der Waals surface area (Å²) in [6.45, 7) is 5.94. The summed E-state index contributed by atoms with van der Waals surface area (Å²) in [6, 6.07) is 0. The molecule has 1 unspecified atom stereocenters. The molecular weight excluding hydrogens is 194 g/mol. The number of carbonyl (C=O) groups excluding carboxylic acids is 1. The van der Waals surface area contributed by atoms with Crippen LogP contribution in [-0.2, 0) is 9.53 Å². The molecular formula is C11H23NO3. The van der Waals surface area contributed by atoms with Gasteiger partial charge >= 0.3 is 5.97 Å². The molecule has 4 nitrogen and oxygen atoms in total. The maximum atomic E-state index is 11.2. The molecule has 1 atom stereocenters. The number of ether oxygens (including phenoxy) is 1. The molecule has 0 aliphatic rings. The van der Waals surface area contributed by atoms with Crippen LogP contribution >= 0.6 is 0 Å². The molecule has 0 saturated carbocycles. The molecule has 0 aromatic carbocycles. The number of rotatable bonds is 9. The van der Waals surface area contributed by atoms with E-state index in [4.69, 9.17) is 9.84 Å². The second-order valence-electron chi connectivity index (χ2n) is 3.64. The minimum atomic E-state index is -0.139. The fourth-order valence-electron chi connectivity index (χ4n) is 1.22. The lowest BCUT2D eigenvalue weighted by Gasteiger charge is -2.11. The Hall–Kier alpha value is -0.610. The van der Waals surface area contributed by atoms with Crippen molar-refractivity contribution in [2.75, 3.05) is 26.3 Å². The second kappa shape index (κ2) is 9.93. The Kier molecular flexibility index (Phi) is 9.52.